The number of hydrogen-bond donors (Lipinski definition) is 1. The Morgan fingerprint density at radius 3 is 3.45 bits per heavy atom. The number of rotatable bonds is 0. The SMILES string of the molecule is O=C1C=CCC2SC=CC2N1. The van der Waals surface area contributed by atoms with Crippen LogP contribution in [0.3, 0.4) is 0 Å². The third-order valence-electron chi connectivity index (χ3n) is 1.89. The minimum atomic E-state index is 0.0321. The minimum Gasteiger partial charge on any atom is -0.345 e. The molecule has 3 heteroatoms. The second-order valence-electron chi connectivity index (χ2n) is 2.68. The van der Waals surface area contributed by atoms with Crippen LogP contribution in [0.2, 0.25) is 0 Å². The summed E-state index contributed by atoms with van der Waals surface area (Å²) < 4.78 is 0. The van der Waals surface area contributed by atoms with Gasteiger partial charge in [-0.25, -0.2) is 0 Å². The maximum Gasteiger partial charge on any atom is 0.244 e. The van der Waals surface area contributed by atoms with Gasteiger partial charge in [-0.15, -0.1) is 11.8 Å². The van der Waals surface area contributed by atoms with E-state index in [-0.39, 0.29) is 11.9 Å². The van der Waals surface area contributed by atoms with Crippen molar-refractivity contribution in [2.45, 2.75) is 17.7 Å². The van der Waals surface area contributed by atoms with Crippen molar-refractivity contribution in [1.29, 1.82) is 0 Å². The Balaban J connectivity index is 2.14. The Bertz CT molecular complexity index is 234. The van der Waals surface area contributed by atoms with Gasteiger partial charge in [0, 0.05) is 5.25 Å². The topological polar surface area (TPSA) is 29.1 Å². The van der Waals surface area contributed by atoms with Crippen molar-refractivity contribution in [1.82, 2.24) is 5.32 Å². The van der Waals surface area contributed by atoms with Crippen LogP contribution in [-0.2, 0) is 4.79 Å². The lowest BCUT2D eigenvalue weighted by Gasteiger charge is -2.14. The van der Waals surface area contributed by atoms with Crippen molar-refractivity contribution in [2.24, 2.45) is 0 Å². The minimum absolute atomic E-state index is 0.0321. The van der Waals surface area contributed by atoms with Gasteiger partial charge in [-0.3, -0.25) is 4.79 Å². The normalized spacial score (nSPS) is 34.7. The predicted molar refractivity (Wildman–Crippen MR) is 46.2 cm³/mol. The molecule has 2 heterocycles. The van der Waals surface area contributed by atoms with Crippen molar-refractivity contribution < 1.29 is 4.79 Å². The van der Waals surface area contributed by atoms with E-state index >= 15 is 0 Å². The van der Waals surface area contributed by atoms with E-state index in [1.807, 2.05) is 6.08 Å². The average Bonchev–Trinajstić information content (AvgIpc) is 2.31. The zero-order chi connectivity index (χ0) is 7.68. The first-order valence-electron chi connectivity index (χ1n) is 3.65. The van der Waals surface area contributed by atoms with E-state index in [0.29, 0.717) is 5.25 Å². The van der Waals surface area contributed by atoms with E-state index in [9.17, 15) is 4.79 Å². The quantitative estimate of drug-likeness (QED) is 0.584. The fraction of sp³-hybridized carbons (Fsp3) is 0.375. The lowest BCUT2D eigenvalue weighted by molar-refractivity contribution is -0.116. The second-order valence-corrected chi connectivity index (χ2v) is 3.83. The molecule has 0 aromatic carbocycles. The zero-order valence-electron chi connectivity index (χ0n) is 5.99. The first-order chi connectivity index (χ1) is 5.36. The molecule has 2 rings (SSSR count). The third kappa shape index (κ3) is 1.33. The van der Waals surface area contributed by atoms with Crippen molar-refractivity contribution in [3.63, 3.8) is 0 Å². The van der Waals surface area contributed by atoms with Crippen LogP contribution in [0.4, 0.5) is 0 Å². The summed E-state index contributed by atoms with van der Waals surface area (Å²) in [5, 5.41) is 5.50. The van der Waals surface area contributed by atoms with Gasteiger partial charge in [0.1, 0.15) is 0 Å². The number of allylic oxidation sites excluding steroid dienone is 1. The number of thioether (sulfide) groups is 1. The lowest BCUT2D eigenvalue weighted by atomic mass is 10.1. The van der Waals surface area contributed by atoms with Crippen molar-refractivity contribution in [2.75, 3.05) is 0 Å². The molecule has 1 amide bonds. The number of fused-ring (bicyclic) bond motifs is 1. The van der Waals surface area contributed by atoms with Crippen molar-refractivity contribution in [3.05, 3.63) is 23.6 Å². The maximum atomic E-state index is 11.0. The zero-order valence-corrected chi connectivity index (χ0v) is 6.80. The summed E-state index contributed by atoms with van der Waals surface area (Å²) in [7, 11) is 0. The molecule has 1 N–H and O–H groups in total. The molecule has 0 fully saturated rings. The number of hydrogen-bond acceptors (Lipinski definition) is 2. The molecular weight excluding hydrogens is 158 g/mol. The summed E-state index contributed by atoms with van der Waals surface area (Å²) in [6.45, 7) is 0. The van der Waals surface area contributed by atoms with Gasteiger partial charge in [-0.05, 0) is 17.9 Å². The Morgan fingerprint density at radius 2 is 2.55 bits per heavy atom. The highest BCUT2D eigenvalue weighted by molar-refractivity contribution is 8.03. The molecule has 2 unspecified atom stereocenters. The fourth-order valence-electron chi connectivity index (χ4n) is 1.30. The van der Waals surface area contributed by atoms with Gasteiger partial charge in [-0.2, -0.15) is 0 Å². The number of carbonyl (C=O) groups is 1. The molecule has 2 atom stereocenters. The molecule has 0 bridgehead atoms. The highest BCUT2D eigenvalue weighted by Gasteiger charge is 2.24. The van der Waals surface area contributed by atoms with Crippen LogP contribution in [0.25, 0.3) is 0 Å². The summed E-state index contributed by atoms with van der Waals surface area (Å²) in [4.78, 5) is 11.0. The van der Waals surface area contributed by atoms with E-state index in [0.717, 1.165) is 6.42 Å². The first-order valence-corrected chi connectivity index (χ1v) is 4.60. The highest BCUT2D eigenvalue weighted by atomic mass is 32.2. The standard InChI is InChI=1S/C8H9NOS/c10-8-3-1-2-7-6(9-8)4-5-11-7/h1,3-7H,2H2,(H,9,10). The molecule has 0 aromatic heterocycles. The van der Waals surface area contributed by atoms with E-state index < -0.39 is 0 Å². The molecule has 11 heavy (non-hydrogen) atoms. The van der Waals surface area contributed by atoms with E-state index in [4.69, 9.17) is 0 Å². The molecule has 0 saturated carbocycles. The summed E-state index contributed by atoms with van der Waals surface area (Å²) in [5.74, 6) is 0.0321. The van der Waals surface area contributed by atoms with Crippen LogP contribution < -0.4 is 5.32 Å². The smallest absolute Gasteiger partial charge is 0.244 e. The number of amides is 1. The summed E-state index contributed by atoms with van der Waals surface area (Å²) >= 11 is 1.80. The highest BCUT2D eigenvalue weighted by Crippen LogP contribution is 2.28. The molecule has 0 aliphatic carbocycles. The summed E-state index contributed by atoms with van der Waals surface area (Å²) in [6.07, 6.45) is 6.61. The molecule has 0 spiro atoms. The van der Waals surface area contributed by atoms with Crippen molar-refractivity contribution >= 4 is 17.7 Å². The van der Waals surface area contributed by atoms with Gasteiger partial charge < -0.3 is 5.32 Å². The Morgan fingerprint density at radius 1 is 1.64 bits per heavy atom. The largest absolute Gasteiger partial charge is 0.345 e. The summed E-state index contributed by atoms with van der Waals surface area (Å²) in [6, 6.07) is 0.252. The van der Waals surface area contributed by atoms with Crippen LogP contribution in [-0.4, -0.2) is 17.2 Å². The monoisotopic (exact) mass is 167 g/mol. The van der Waals surface area contributed by atoms with E-state index in [1.54, 1.807) is 17.8 Å². The first kappa shape index (κ1) is 6.98. The molecule has 2 aliphatic heterocycles. The Kier molecular flexibility index (Phi) is 1.74. The average molecular weight is 167 g/mol. The van der Waals surface area contributed by atoms with Crippen LogP contribution in [0.5, 0.6) is 0 Å². The second kappa shape index (κ2) is 2.74. The van der Waals surface area contributed by atoms with Crippen molar-refractivity contribution in [3.8, 4) is 0 Å². The van der Waals surface area contributed by atoms with Gasteiger partial charge in [0.2, 0.25) is 5.91 Å². The van der Waals surface area contributed by atoms with Gasteiger partial charge in [0.15, 0.2) is 0 Å². The molecule has 2 nitrogen and oxygen atoms in total. The lowest BCUT2D eigenvalue weighted by Crippen LogP contribution is -2.36. The Hall–Kier alpha value is -0.700. The Labute approximate surface area is 69.7 Å². The molecule has 58 valence electrons. The van der Waals surface area contributed by atoms with Crippen LogP contribution in [0, 0.1) is 0 Å². The summed E-state index contributed by atoms with van der Waals surface area (Å²) in [5.41, 5.74) is 0. The van der Waals surface area contributed by atoms with Gasteiger partial charge in [-0.1, -0.05) is 12.2 Å². The maximum absolute atomic E-state index is 11.0. The molecule has 2 aliphatic rings. The molecular formula is C8H9NOS. The predicted octanol–water partition coefficient (Wildman–Crippen LogP) is 1.06. The fourth-order valence-corrected chi connectivity index (χ4v) is 2.32. The number of carbonyl (C=O) groups excluding carboxylic acids is 1. The number of nitrogens with one attached hydrogen (secondary N) is 1. The van der Waals surface area contributed by atoms with Crippen LogP contribution in [0.15, 0.2) is 23.6 Å². The van der Waals surface area contributed by atoms with Crippen LogP contribution in [0.1, 0.15) is 6.42 Å². The van der Waals surface area contributed by atoms with E-state index in [1.165, 1.54) is 0 Å². The molecule has 0 radical (unpaired) electrons. The van der Waals surface area contributed by atoms with Crippen LogP contribution >= 0.6 is 11.8 Å². The van der Waals surface area contributed by atoms with Gasteiger partial charge in [0.25, 0.3) is 0 Å². The van der Waals surface area contributed by atoms with Gasteiger partial charge >= 0.3 is 0 Å². The van der Waals surface area contributed by atoms with Gasteiger partial charge in [0.05, 0.1) is 6.04 Å². The third-order valence-corrected chi connectivity index (χ3v) is 3.04. The molecule has 0 saturated heterocycles. The van der Waals surface area contributed by atoms with E-state index in [2.05, 4.69) is 16.8 Å². The molecule has 0 aromatic rings.